The second-order valence-corrected chi connectivity index (χ2v) is 4.85. The van der Waals surface area contributed by atoms with Crippen molar-refractivity contribution >= 4 is 17.5 Å². The monoisotopic (exact) mass is 331 g/mol. The van der Waals surface area contributed by atoms with Crippen LogP contribution < -0.4 is 10.6 Å². The maximum Gasteiger partial charge on any atom is 0.418 e. The van der Waals surface area contributed by atoms with Crippen molar-refractivity contribution < 1.29 is 22.8 Å². The molecule has 1 aromatic rings. The first-order chi connectivity index (χ1) is 10.8. The van der Waals surface area contributed by atoms with E-state index in [1.54, 1.807) is 13.8 Å². The fourth-order valence-electron chi connectivity index (χ4n) is 1.97. The minimum atomic E-state index is -4.55. The molecule has 0 aliphatic rings. The molecule has 128 valence electrons. The number of halogens is 3. The van der Waals surface area contributed by atoms with E-state index in [1.807, 2.05) is 0 Å². The van der Waals surface area contributed by atoms with Crippen LogP contribution in [0.3, 0.4) is 0 Å². The molecule has 1 rings (SSSR count). The summed E-state index contributed by atoms with van der Waals surface area (Å²) in [4.78, 5) is 25.0. The van der Waals surface area contributed by atoms with Crippen LogP contribution in [0.1, 0.15) is 19.4 Å². The Morgan fingerprint density at radius 3 is 2.26 bits per heavy atom. The minimum Gasteiger partial charge on any atom is -0.355 e. The van der Waals surface area contributed by atoms with Gasteiger partial charge in [0.2, 0.25) is 11.8 Å². The smallest absolute Gasteiger partial charge is 0.355 e. The van der Waals surface area contributed by atoms with Crippen LogP contribution in [-0.2, 0) is 15.8 Å². The molecule has 5 nitrogen and oxygen atoms in total. The molecule has 0 saturated heterocycles. The summed E-state index contributed by atoms with van der Waals surface area (Å²) in [5, 5.41) is 4.86. The minimum absolute atomic E-state index is 0.0126. The molecule has 23 heavy (non-hydrogen) atoms. The van der Waals surface area contributed by atoms with Crippen LogP contribution in [0.25, 0.3) is 0 Å². The second kappa shape index (κ2) is 8.52. The first-order valence-corrected chi connectivity index (χ1v) is 7.23. The van der Waals surface area contributed by atoms with Crippen molar-refractivity contribution in [1.82, 2.24) is 10.2 Å². The Hall–Kier alpha value is -2.09. The lowest BCUT2D eigenvalue weighted by Crippen LogP contribution is -2.41. The molecule has 8 heteroatoms. The first kappa shape index (κ1) is 19.0. The summed E-state index contributed by atoms with van der Waals surface area (Å²) >= 11 is 0. The predicted molar refractivity (Wildman–Crippen MR) is 80.9 cm³/mol. The molecule has 1 aromatic carbocycles. The average Bonchev–Trinajstić information content (AvgIpc) is 2.46. The largest absolute Gasteiger partial charge is 0.418 e. The fourth-order valence-corrected chi connectivity index (χ4v) is 1.97. The third-order valence-electron chi connectivity index (χ3n) is 3.06. The zero-order chi connectivity index (χ0) is 17.5. The van der Waals surface area contributed by atoms with E-state index >= 15 is 0 Å². The van der Waals surface area contributed by atoms with Gasteiger partial charge in [0.25, 0.3) is 0 Å². The number of amides is 2. The number of likely N-dealkylation sites (N-methyl/N-ethyl adjacent to an activating group) is 2. The van der Waals surface area contributed by atoms with Gasteiger partial charge in [-0.15, -0.1) is 0 Å². The number of nitrogens with one attached hydrogen (secondary N) is 2. The SMILES string of the molecule is CCNC(=O)CN(CC)CC(=O)Nc1ccccc1C(F)(F)F. The van der Waals surface area contributed by atoms with E-state index in [9.17, 15) is 22.8 Å². The van der Waals surface area contributed by atoms with E-state index in [1.165, 1.54) is 23.1 Å². The molecule has 0 aromatic heterocycles. The number of rotatable bonds is 7. The van der Waals surface area contributed by atoms with Crippen LogP contribution in [0, 0.1) is 0 Å². The highest BCUT2D eigenvalue weighted by atomic mass is 19.4. The van der Waals surface area contributed by atoms with Gasteiger partial charge in [-0.05, 0) is 25.6 Å². The molecule has 0 aliphatic carbocycles. The Labute approximate surface area is 132 Å². The molecule has 2 N–H and O–H groups in total. The van der Waals surface area contributed by atoms with Gasteiger partial charge in [0.1, 0.15) is 0 Å². The molecular formula is C15H20F3N3O2. The van der Waals surface area contributed by atoms with Gasteiger partial charge in [-0.1, -0.05) is 19.1 Å². The Kier molecular flexibility index (Phi) is 7.02. The molecule has 0 aliphatic heterocycles. The highest BCUT2D eigenvalue weighted by molar-refractivity contribution is 5.93. The number of benzene rings is 1. The van der Waals surface area contributed by atoms with Crippen molar-refractivity contribution in [3.63, 3.8) is 0 Å². The van der Waals surface area contributed by atoms with E-state index in [-0.39, 0.29) is 24.7 Å². The van der Waals surface area contributed by atoms with Crippen LogP contribution in [0.15, 0.2) is 24.3 Å². The van der Waals surface area contributed by atoms with Crippen LogP contribution in [-0.4, -0.2) is 42.9 Å². The number of alkyl halides is 3. The normalized spacial score (nSPS) is 11.4. The lowest BCUT2D eigenvalue weighted by molar-refractivity contribution is -0.137. The quantitative estimate of drug-likeness (QED) is 0.804. The fraction of sp³-hybridized carbons (Fsp3) is 0.467. The lowest BCUT2D eigenvalue weighted by atomic mass is 10.1. The van der Waals surface area contributed by atoms with Crippen molar-refractivity contribution in [3.05, 3.63) is 29.8 Å². The van der Waals surface area contributed by atoms with Gasteiger partial charge in [-0.2, -0.15) is 13.2 Å². The summed E-state index contributed by atoms with van der Waals surface area (Å²) in [6.07, 6.45) is -4.55. The molecule has 0 unspecified atom stereocenters. The summed E-state index contributed by atoms with van der Waals surface area (Å²) in [7, 11) is 0. The van der Waals surface area contributed by atoms with Crippen LogP contribution in [0.5, 0.6) is 0 Å². The van der Waals surface area contributed by atoms with Gasteiger partial charge in [0, 0.05) is 6.54 Å². The highest BCUT2D eigenvalue weighted by Crippen LogP contribution is 2.34. The van der Waals surface area contributed by atoms with Crippen LogP contribution >= 0.6 is 0 Å². The molecule has 2 amide bonds. The number of anilines is 1. The molecule has 0 spiro atoms. The van der Waals surface area contributed by atoms with Crippen molar-refractivity contribution in [2.24, 2.45) is 0 Å². The Morgan fingerprint density at radius 1 is 1.09 bits per heavy atom. The van der Waals surface area contributed by atoms with Crippen molar-refractivity contribution in [3.8, 4) is 0 Å². The molecule has 0 saturated carbocycles. The number of hydrogen-bond acceptors (Lipinski definition) is 3. The van der Waals surface area contributed by atoms with Gasteiger partial charge >= 0.3 is 6.18 Å². The molecule has 0 radical (unpaired) electrons. The summed E-state index contributed by atoms with van der Waals surface area (Å²) in [5.41, 5.74) is -1.20. The van der Waals surface area contributed by atoms with Crippen molar-refractivity contribution in [2.75, 3.05) is 31.5 Å². The predicted octanol–water partition coefficient (Wildman–Crippen LogP) is 2.10. The van der Waals surface area contributed by atoms with E-state index in [2.05, 4.69) is 10.6 Å². The van der Waals surface area contributed by atoms with E-state index in [0.717, 1.165) is 6.07 Å². The number of carbonyl (C=O) groups excluding carboxylic acids is 2. The van der Waals surface area contributed by atoms with E-state index < -0.39 is 17.6 Å². The zero-order valence-corrected chi connectivity index (χ0v) is 13.0. The first-order valence-electron chi connectivity index (χ1n) is 7.23. The standard InChI is InChI=1S/C15H20F3N3O2/c1-3-19-13(22)9-21(4-2)10-14(23)20-12-8-6-5-7-11(12)15(16,17)18/h5-8H,3-4,9-10H2,1-2H3,(H,19,22)(H,20,23). The Balaban J connectivity index is 2.71. The van der Waals surface area contributed by atoms with Crippen LogP contribution in [0.2, 0.25) is 0 Å². The Morgan fingerprint density at radius 2 is 1.70 bits per heavy atom. The zero-order valence-electron chi connectivity index (χ0n) is 13.0. The third kappa shape index (κ3) is 6.27. The summed E-state index contributed by atoms with van der Waals surface area (Å²) in [6, 6.07) is 4.77. The average molecular weight is 331 g/mol. The van der Waals surface area contributed by atoms with E-state index in [4.69, 9.17) is 0 Å². The highest BCUT2D eigenvalue weighted by Gasteiger charge is 2.33. The topological polar surface area (TPSA) is 61.4 Å². The Bertz CT molecular complexity index is 547. The van der Waals surface area contributed by atoms with Gasteiger partial charge in [-0.25, -0.2) is 0 Å². The third-order valence-corrected chi connectivity index (χ3v) is 3.06. The summed E-state index contributed by atoms with van der Waals surface area (Å²) in [6.45, 7) is 4.27. The van der Waals surface area contributed by atoms with Gasteiger partial charge in [-0.3, -0.25) is 14.5 Å². The summed E-state index contributed by atoms with van der Waals surface area (Å²) < 4.78 is 38.6. The maximum atomic E-state index is 12.9. The molecular weight excluding hydrogens is 311 g/mol. The molecule has 0 atom stereocenters. The van der Waals surface area contributed by atoms with Gasteiger partial charge in [0.05, 0.1) is 24.3 Å². The van der Waals surface area contributed by atoms with Gasteiger partial charge < -0.3 is 10.6 Å². The van der Waals surface area contributed by atoms with Crippen molar-refractivity contribution in [1.29, 1.82) is 0 Å². The lowest BCUT2D eigenvalue weighted by Gasteiger charge is -2.20. The number of para-hydroxylation sites is 1. The van der Waals surface area contributed by atoms with E-state index in [0.29, 0.717) is 13.1 Å². The summed E-state index contributed by atoms with van der Waals surface area (Å²) in [5.74, 6) is -0.842. The second-order valence-electron chi connectivity index (χ2n) is 4.85. The number of hydrogen-bond donors (Lipinski definition) is 2. The molecule has 0 heterocycles. The van der Waals surface area contributed by atoms with Gasteiger partial charge in [0.15, 0.2) is 0 Å². The molecule has 0 bridgehead atoms. The van der Waals surface area contributed by atoms with Crippen molar-refractivity contribution in [2.45, 2.75) is 20.0 Å². The molecule has 0 fully saturated rings. The van der Waals surface area contributed by atoms with Crippen LogP contribution in [0.4, 0.5) is 18.9 Å². The number of nitrogens with zero attached hydrogens (tertiary/aromatic N) is 1. The maximum absolute atomic E-state index is 12.9. The number of carbonyl (C=O) groups is 2.